The summed E-state index contributed by atoms with van der Waals surface area (Å²) in [4.78, 5) is 37.7. The second kappa shape index (κ2) is 8.60. The fourth-order valence-corrected chi connectivity index (χ4v) is 3.76. The molecule has 0 radical (unpaired) electrons. The van der Waals surface area contributed by atoms with E-state index < -0.39 is 53.7 Å². The number of ether oxygens (including phenoxy) is 2. The molecule has 2 rings (SSSR count). The smallest absolute Gasteiger partial charge is 0.410 e. The predicted octanol–water partition coefficient (Wildman–Crippen LogP) is 2.37. The van der Waals surface area contributed by atoms with Crippen molar-refractivity contribution in [3.8, 4) is 0 Å². The van der Waals surface area contributed by atoms with Crippen molar-refractivity contribution in [2.75, 3.05) is 26.2 Å². The van der Waals surface area contributed by atoms with Gasteiger partial charge in [-0.25, -0.2) is 23.4 Å². The molecule has 176 valence electrons. The van der Waals surface area contributed by atoms with E-state index in [4.69, 9.17) is 15.2 Å². The predicted molar refractivity (Wildman–Crippen MR) is 108 cm³/mol. The van der Waals surface area contributed by atoms with Gasteiger partial charge >= 0.3 is 18.1 Å². The van der Waals surface area contributed by atoms with Gasteiger partial charge in [0.15, 0.2) is 0 Å². The molecule has 0 aliphatic carbocycles. The topological polar surface area (TPSA) is 105 Å². The number of urea groups is 1. The summed E-state index contributed by atoms with van der Waals surface area (Å²) in [5, 5.41) is 2.17. The number of primary amides is 1. The van der Waals surface area contributed by atoms with Crippen LogP contribution in [0.3, 0.4) is 0 Å². The Labute approximate surface area is 181 Å². The van der Waals surface area contributed by atoms with Crippen LogP contribution in [-0.4, -0.2) is 82.9 Å². The van der Waals surface area contributed by atoms with Crippen LogP contribution in [0.15, 0.2) is 12.7 Å². The maximum atomic E-state index is 15.0. The average molecular weight is 446 g/mol. The van der Waals surface area contributed by atoms with Gasteiger partial charge in [-0.15, -0.1) is 0 Å². The van der Waals surface area contributed by atoms with E-state index in [1.165, 1.54) is 11.1 Å². The maximum absolute atomic E-state index is 15.0. The zero-order valence-corrected chi connectivity index (χ0v) is 18.7. The van der Waals surface area contributed by atoms with Gasteiger partial charge in [0.25, 0.3) is 5.92 Å². The van der Waals surface area contributed by atoms with Gasteiger partial charge in [0.1, 0.15) is 18.2 Å². The molecule has 0 aromatic carbocycles. The molecule has 2 N–H and O–H groups in total. The number of hydrogen-bond donors (Lipinski definition) is 1. The molecule has 0 aromatic rings. The minimum Gasteiger partial charge on any atom is -0.461 e. The molecule has 2 aliphatic heterocycles. The molecule has 0 bridgehead atoms. The minimum atomic E-state index is -3.31. The Morgan fingerprint density at radius 2 is 1.84 bits per heavy atom. The number of carbonyl (C=O) groups is 3. The number of fused-ring (bicyclic) bond motifs is 1. The summed E-state index contributed by atoms with van der Waals surface area (Å²) in [7, 11) is 0. The van der Waals surface area contributed by atoms with E-state index in [0.29, 0.717) is 0 Å². The molecule has 0 saturated carbocycles. The number of rotatable bonds is 6. The minimum absolute atomic E-state index is 0.0347. The molecule has 3 amide bonds. The van der Waals surface area contributed by atoms with E-state index in [9.17, 15) is 14.4 Å². The van der Waals surface area contributed by atoms with Gasteiger partial charge in [-0.1, -0.05) is 12.7 Å². The first-order valence-electron chi connectivity index (χ1n) is 10.1. The van der Waals surface area contributed by atoms with Crippen LogP contribution >= 0.6 is 0 Å². The average Bonchev–Trinajstić information content (AvgIpc) is 3.12. The summed E-state index contributed by atoms with van der Waals surface area (Å²) < 4.78 is 40.3. The molecule has 0 aromatic heterocycles. The SMILES string of the molecule is C=CCOC(=O)C(C)(C)CCN1[C@@H]2[C@H](CN1C(N)=O)N(C(=O)OC(C)(C)C)CC2(F)F. The summed E-state index contributed by atoms with van der Waals surface area (Å²) >= 11 is 0. The van der Waals surface area contributed by atoms with Gasteiger partial charge in [-0.3, -0.25) is 14.7 Å². The zero-order valence-electron chi connectivity index (χ0n) is 18.7. The van der Waals surface area contributed by atoms with Gasteiger partial charge < -0.3 is 15.2 Å². The van der Waals surface area contributed by atoms with Gasteiger partial charge in [-0.05, 0) is 41.0 Å². The molecule has 2 atom stereocenters. The van der Waals surface area contributed by atoms with Crippen LogP contribution in [0.2, 0.25) is 0 Å². The van der Waals surface area contributed by atoms with Crippen LogP contribution in [-0.2, 0) is 14.3 Å². The normalized spacial score (nSPS) is 23.5. The third kappa shape index (κ3) is 5.44. The van der Waals surface area contributed by atoms with E-state index in [1.807, 2.05) is 0 Å². The molecule has 0 spiro atoms. The van der Waals surface area contributed by atoms with Crippen LogP contribution in [0.4, 0.5) is 18.4 Å². The number of hydrogen-bond acceptors (Lipinski definition) is 6. The lowest BCUT2D eigenvalue weighted by molar-refractivity contribution is -0.154. The van der Waals surface area contributed by atoms with Crippen LogP contribution < -0.4 is 5.73 Å². The Bertz CT molecular complexity index is 738. The summed E-state index contributed by atoms with van der Waals surface area (Å²) in [6, 6.07) is -3.37. The van der Waals surface area contributed by atoms with Crippen molar-refractivity contribution in [2.45, 2.75) is 64.6 Å². The molecular formula is C20H32F2N4O5. The van der Waals surface area contributed by atoms with Gasteiger partial charge in [0.2, 0.25) is 0 Å². The standard InChI is InChI=1S/C20H32F2N4O5/c1-7-10-30-15(27)19(5,6)8-9-25-14-13(11-26(25)16(23)28)24(12-20(14,21)22)17(29)31-18(2,3)4/h7,13-14H,1,8-12H2,2-6H3,(H2,23,28)/t13-,14+/m0/s1. The maximum Gasteiger partial charge on any atom is 0.410 e. The van der Waals surface area contributed by atoms with Gasteiger partial charge in [0, 0.05) is 6.54 Å². The van der Waals surface area contributed by atoms with Crippen LogP contribution in [0, 0.1) is 5.41 Å². The van der Waals surface area contributed by atoms with Crippen molar-refractivity contribution in [3.63, 3.8) is 0 Å². The number of nitrogens with zero attached hydrogens (tertiary/aromatic N) is 3. The Morgan fingerprint density at radius 3 is 2.35 bits per heavy atom. The van der Waals surface area contributed by atoms with Gasteiger partial charge in [0.05, 0.1) is 24.5 Å². The van der Waals surface area contributed by atoms with Crippen molar-refractivity contribution < 1.29 is 32.6 Å². The first-order valence-corrected chi connectivity index (χ1v) is 10.1. The molecule has 0 unspecified atom stereocenters. The molecule has 11 heteroatoms. The Hall–Kier alpha value is -2.43. The lowest BCUT2D eigenvalue weighted by atomic mass is 9.89. The Kier molecular flexibility index (Phi) is 6.89. The highest BCUT2D eigenvalue weighted by Gasteiger charge is 2.64. The summed E-state index contributed by atoms with van der Waals surface area (Å²) in [6.45, 7) is 10.6. The monoisotopic (exact) mass is 446 g/mol. The molecule has 2 fully saturated rings. The number of alkyl halides is 2. The van der Waals surface area contributed by atoms with E-state index >= 15 is 8.78 Å². The molecule has 31 heavy (non-hydrogen) atoms. The van der Waals surface area contributed by atoms with Crippen molar-refractivity contribution in [2.24, 2.45) is 11.1 Å². The van der Waals surface area contributed by atoms with Gasteiger partial charge in [-0.2, -0.15) is 0 Å². The molecule has 9 nitrogen and oxygen atoms in total. The fourth-order valence-electron chi connectivity index (χ4n) is 3.76. The number of halogens is 2. The van der Waals surface area contributed by atoms with E-state index in [-0.39, 0.29) is 26.1 Å². The third-order valence-corrected chi connectivity index (χ3v) is 5.30. The fraction of sp³-hybridized carbons (Fsp3) is 0.750. The summed E-state index contributed by atoms with van der Waals surface area (Å²) in [5.74, 6) is -3.82. The molecule has 2 heterocycles. The van der Waals surface area contributed by atoms with Crippen LogP contribution in [0.25, 0.3) is 0 Å². The van der Waals surface area contributed by atoms with Crippen molar-refractivity contribution in [1.29, 1.82) is 0 Å². The van der Waals surface area contributed by atoms with Crippen molar-refractivity contribution >= 4 is 18.1 Å². The van der Waals surface area contributed by atoms with Crippen molar-refractivity contribution in [1.82, 2.24) is 14.9 Å². The third-order valence-electron chi connectivity index (χ3n) is 5.30. The quantitative estimate of drug-likeness (QED) is 0.496. The number of esters is 1. The number of nitrogens with two attached hydrogens (primary N) is 1. The summed E-state index contributed by atoms with van der Waals surface area (Å²) in [6.07, 6.45) is 0.677. The molecule has 2 saturated heterocycles. The van der Waals surface area contributed by atoms with Crippen molar-refractivity contribution in [3.05, 3.63) is 12.7 Å². The number of amides is 3. The molecular weight excluding hydrogens is 414 g/mol. The second-order valence-corrected chi connectivity index (χ2v) is 9.49. The highest BCUT2D eigenvalue weighted by Crippen LogP contribution is 2.42. The van der Waals surface area contributed by atoms with E-state index in [0.717, 1.165) is 9.91 Å². The first kappa shape index (κ1) is 24.8. The second-order valence-electron chi connectivity index (χ2n) is 9.49. The highest BCUT2D eigenvalue weighted by molar-refractivity contribution is 5.76. The first-order chi connectivity index (χ1) is 14.1. The number of likely N-dealkylation sites (tertiary alicyclic amines) is 1. The summed E-state index contributed by atoms with van der Waals surface area (Å²) in [5.41, 5.74) is 3.58. The highest BCUT2D eigenvalue weighted by atomic mass is 19.3. The van der Waals surface area contributed by atoms with Crippen LogP contribution in [0.5, 0.6) is 0 Å². The lowest BCUT2D eigenvalue weighted by Gasteiger charge is -2.34. The molecule has 2 aliphatic rings. The Morgan fingerprint density at radius 1 is 1.23 bits per heavy atom. The van der Waals surface area contributed by atoms with E-state index in [2.05, 4.69) is 6.58 Å². The number of hydrazine groups is 1. The van der Waals surface area contributed by atoms with E-state index in [1.54, 1.807) is 34.6 Å². The zero-order chi connectivity index (χ0) is 23.8. The van der Waals surface area contributed by atoms with Crippen LogP contribution in [0.1, 0.15) is 41.0 Å². The lowest BCUT2D eigenvalue weighted by Crippen LogP contribution is -2.53. The number of carbonyl (C=O) groups excluding carboxylic acids is 3. The Balaban J connectivity index is 2.23. The largest absolute Gasteiger partial charge is 0.461 e.